The Kier molecular flexibility index (Phi) is 4.70. The minimum atomic E-state index is 0.738. The molecule has 4 rings (SSSR count). The molecule has 27 heavy (non-hydrogen) atoms. The molecule has 1 fully saturated rings. The Bertz CT molecular complexity index is 943. The maximum atomic E-state index is 5.99. The van der Waals surface area contributed by atoms with E-state index in [9.17, 15) is 0 Å². The molecule has 1 aliphatic rings. The molecule has 7 heteroatoms. The van der Waals surface area contributed by atoms with E-state index in [0.717, 1.165) is 66.9 Å². The number of piperazine rings is 1. The molecule has 1 aromatic carbocycles. The van der Waals surface area contributed by atoms with Crippen molar-refractivity contribution >= 4 is 22.6 Å². The smallest absolute Gasteiger partial charge is 0.209 e. The zero-order valence-electron chi connectivity index (χ0n) is 16.4. The summed E-state index contributed by atoms with van der Waals surface area (Å²) in [6, 6.07) is 6.14. The van der Waals surface area contributed by atoms with Crippen LogP contribution in [0.3, 0.4) is 0 Å². The van der Waals surface area contributed by atoms with Gasteiger partial charge < -0.3 is 14.2 Å². The molecule has 0 amide bonds. The van der Waals surface area contributed by atoms with Crippen LogP contribution in [0, 0.1) is 13.8 Å². The lowest BCUT2D eigenvalue weighted by Crippen LogP contribution is -2.46. The van der Waals surface area contributed by atoms with E-state index < -0.39 is 0 Å². The van der Waals surface area contributed by atoms with Crippen molar-refractivity contribution < 1.29 is 4.42 Å². The van der Waals surface area contributed by atoms with Gasteiger partial charge in [-0.15, -0.1) is 0 Å². The van der Waals surface area contributed by atoms with Crippen LogP contribution in [-0.4, -0.2) is 60.1 Å². The second-order valence-corrected chi connectivity index (χ2v) is 7.32. The Morgan fingerprint density at radius 2 is 1.85 bits per heavy atom. The van der Waals surface area contributed by atoms with Gasteiger partial charge in [-0.1, -0.05) is 0 Å². The van der Waals surface area contributed by atoms with Crippen LogP contribution in [0.25, 0.3) is 11.1 Å². The lowest BCUT2D eigenvalue weighted by molar-refractivity contribution is 0.228. The van der Waals surface area contributed by atoms with Crippen molar-refractivity contribution in [3.05, 3.63) is 41.7 Å². The summed E-state index contributed by atoms with van der Waals surface area (Å²) in [7, 11) is 4.05. The number of aromatic nitrogens is 3. The standard InChI is InChI=1S/C20H26N6O/c1-14-15(2)21-13-22-20(14)26-9-7-25(8-10-26)12-19-23-17-6-5-16(24(3)4)11-18(17)27-19/h5-6,11,13H,7-10,12H2,1-4H3. The Morgan fingerprint density at radius 3 is 2.59 bits per heavy atom. The second kappa shape index (κ2) is 7.15. The third-order valence-corrected chi connectivity index (χ3v) is 5.27. The first kappa shape index (κ1) is 17.7. The van der Waals surface area contributed by atoms with Gasteiger partial charge in [0, 0.05) is 63.3 Å². The number of hydrogen-bond donors (Lipinski definition) is 0. The normalized spacial score (nSPS) is 15.5. The van der Waals surface area contributed by atoms with E-state index in [0.29, 0.717) is 0 Å². The van der Waals surface area contributed by atoms with Crippen molar-refractivity contribution in [1.29, 1.82) is 0 Å². The van der Waals surface area contributed by atoms with E-state index in [1.807, 2.05) is 33.2 Å². The number of benzene rings is 1. The quantitative estimate of drug-likeness (QED) is 0.703. The molecule has 0 aliphatic carbocycles. The van der Waals surface area contributed by atoms with Gasteiger partial charge in [-0.25, -0.2) is 15.0 Å². The highest BCUT2D eigenvalue weighted by Gasteiger charge is 2.21. The minimum absolute atomic E-state index is 0.738. The Labute approximate surface area is 159 Å². The van der Waals surface area contributed by atoms with Gasteiger partial charge in [-0.3, -0.25) is 4.90 Å². The number of anilines is 2. The maximum Gasteiger partial charge on any atom is 0.209 e. The molecule has 0 N–H and O–H groups in total. The van der Waals surface area contributed by atoms with Crippen molar-refractivity contribution in [2.24, 2.45) is 0 Å². The van der Waals surface area contributed by atoms with Crippen LogP contribution < -0.4 is 9.80 Å². The molecule has 0 spiro atoms. The summed E-state index contributed by atoms with van der Waals surface area (Å²) in [5.74, 6) is 1.84. The molecule has 0 unspecified atom stereocenters. The molecule has 0 radical (unpaired) electrons. The molecule has 142 valence electrons. The van der Waals surface area contributed by atoms with E-state index in [1.54, 1.807) is 6.33 Å². The lowest BCUT2D eigenvalue weighted by Gasteiger charge is -2.35. The van der Waals surface area contributed by atoms with Gasteiger partial charge >= 0.3 is 0 Å². The average Bonchev–Trinajstić information content (AvgIpc) is 3.06. The molecule has 2 aromatic heterocycles. The molecule has 0 atom stereocenters. The Morgan fingerprint density at radius 1 is 1.07 bits per heavy atom. The number of rotatable bonds is 4. The van der Waals surface area contributed by atoms with E-state index in [4.69, 9.17) is 4.42 Å². The largest absolute Gasteiger partial charge is 0.439 e. The van der Waals surface area contributed by atoms with Crippen LogP contribution in [0.15, 0.2) is 28.9 Å². The summed E-state index contributed by atoms with van der Waals surface area (Å²) >= 11 is 0. The predicted molar refractivity (Wildman–Crippen MR) is 107 cm³/mol. The third-order valence-electron chi connectivity index (χ3n) is 5.27. The fraction of sp³-hybridized carbons (Fsp3) is 0.450. The molecule has 1 saturated heterocycles. The van der Waals surface area contributed by atoms with Gasteiger partial charge in [-0.05, 0) is 26.0 Å². The third kappa shape index (κ3) is 3.60. The van der Waals surface area contributed by atoms with Crippen LogP contribution >= 0.6 is 0 Å². The number of hydrogen-bond acceptors (Lipinski definition) is 7. The second-order valence-electron chi connectivity index (χ2n) is 7.32. The van der Waals surface area contributed by atoms with Gasteiger partial charge in [0.25, 0.3) is 0 Å². The summed E-state index contributed by atoms with van der Waals surface area (Å²) in [4.78, 5) is 20.2. The van der Waals surface area contributed by atoms with E-state index >= 15 is 0 Å². The average molecular weight is 366 g/mol. The maximum absolute atomic E-state index is 5.99. The first-order chi connectivity index (χ1) is 13.0. The number of nitrogens with zero attached hydrogens (tertiary/aromatic N) is 6. The molecule has 0 saturated carbocycles. The topological polar surface area (TPSA) is 61.5 Å². The molecular weight excluding hydrogens is 340 g/mol. The Balaban J connectivity index is 1.42. The van der Waals surface area contributed by atoms with E-state index in [-0.39, 0.29) is 0 Å². The number of fused-ring (bicyclic) bond motifs is 1. The van der Waals surface area contributed by atoms with Gasteiger partial charge in [0.15, 0.2) is 5.58 Å². The van der Waals surface area contributed by atoms with Gasteiger partial charge in [0.1, 0.15) is 17.7 Å². The highest BCUT2D eigenvalue weighted by Crippen LogP contribution is 2.23. The summed E-state index contributed by atoms with van der Waals surface area (Å²) in [5.41, 5.74) is 5.10. The SMILES string of the molecule is Cc1ncnc(N2CCN(Cc3nc4ccc(N(C)C)cc4o3)CC2)c1C. The molecule has 0 bridgehead atoms. The van der Waals surface area contributed by atoms with Crippen molar-refractivity contribution in [2.45, 2.75) is 20.4 Å². The van der Waals surface area contributed by atoms with E-state index in [2.05, 4.69) is 42.6 Å². The van der Waals surface area contributed by atoms with Gasteiger partial charge in [0.2, 0.25) is 5.89 Å². The molecule has 1 aliphatic heterocycles. The van der Waals surface area contributed by atoms with Gasteiger partial charge in [0.05, 0.1) is 6.54 Å². The van der Waals surface area contributed by atoms with Crippen LogP contribution in [0.4, 0.5) is 11.5 Å². The summed E-state index contributed by atoms with van der Waals surface area (Å²) in [5, 5.41) is 0. The zero-order valence-corrected chi connectivity index (χ0v) is 16.4. The van der Waals surface area contributed by atoms with Crippen LogP contribution in [0.5, 0.6) is 0 Å². The van der Waals surface area contributed by atoms with Gasteiger partial charge in [-0.2, -0.15) is 0 Å². The summed E-state index contributed by atoms with van der Waals surface area (Å²) < 4.78 is 5.99. The highest BCUT2D eigenvalue weighted by molar-refractivity contribution is 5.77. The summed E-state index contributed by atoms with van der Waals surface area (Å²) in [6.07, 6.45) is 1.66. The van der Waals surface area contributed by atoms with Crippen LogP contribution in [0.2, 0.25) is 0 Å². The first-order valence-corrected chi connectivity index (χ1v) is 9.33. The minimum Gasteiger partial charge on any atom is -0.439 e. The van der Waals surface area contributed by atoms with Crippen molar-refractivity contribution in [3.63, 3.8) is 0 Å². The van der Waals surface area contributed by atoms with E-state index in [1.165, 1.54) is 5.56 Å². The number of oxazole rings is 1. The lowest BCUT2D eigenvalue weighted by atomic mass is 10.2. The molecule has 3 aromatic rings. The van der Waals surface area contributed by atoms with Crippen LogP contribution in [0.1, 0.15) is 17.1 Å². The Hall–Kier alpha value is -2.67. The summed E-state index contributed by atoms with van der Waals surface area (Å²) in [6.45, 7) is 8.68. The van der Waals surface area contributed by atoms with Crippen molar-refractivity contribution in [3.8, 4) is 0 Å². The molecule has 7 nitrogen and oxygen atoms in total. The zero-order chi connectivity index (χ0) is 19.0. The van der Waals surface area contributed by atoms with Crippen molar-refractivity contribution in [2.75, 3.05) is 50.1 Å². The predicted octanol–water partition coefficient (Wildman–Crippen LogP) is 2.62. The fourth-order valence-electron chi connectivity index (χ4n) is 3.46. The molecular formula is C20H26N6O. The first-order valence-electron chi connectivity index (χ1n) is 9.33. The number of aryl methyl sites for hydroxylation is 1. The monoisotopic (exact) mass is 366 g/mol. The highest BCUT2D eigenvalue weighted by atomic mass is 16.3. The van der Waals surface area contributed by atoms with Crippen molar-refractivity contribution in [1.82, 2.24) is 19.9 Å². The molecule has 3 heterocycles. The van der Waals surface area contributed by atoms with Crippen LogP contribution in [-0.2, 0) is 6.54 Å². The fourth-order valence-corrected chi connectivity index (χ4v) is 3.46.